The lowest BCUT2D eigenvalue weighted by molar-refractivity contribution is 0.403. The highest BCUT2D eigenvalue weighted by Crippen LogP contribution is 2.24. The van der Waals surface area contributed by atoms with Crippen LogP contribution in [-0.2, 0) is 16.3 Å². The molecule has 0 aromatic heterocycles. The van der Waals surface area contributed by atoms with E-state index in [1.807, 2.05) is 0 Å². The predicted molar refractivity (Wildman–Crippen MR) is 91.3 cm³/mol. The summed E-state index contributed by atoms with van der Waals surface area (Å²) in [6.45, 7) is 3.14. The fraction of sp³-hybridized carbons (Fsp3) is 0.625. The van der Waals surface area contributed by atoms with Crippen molar-refractivity contribution in [3.05, 3.63) is 34.3 Å². The summed E-state index contributed by atoms with van der Waals surface area (Å²) in [7, 11) is -2.77. The first-order valence-corrected chi connectivity index (χ1v) is 10.3. The molecule has 0 spiro atoms. The summed E-state index contributed by atoms with van der Waals surface area (Å²) in [5.74, 6) is 1.06. The number of hydrogen-bond acceptors (Lipinski definition) is 3. The molecule has 1 N–H and O–H groups in total. The third kappa shape index (κ3) is 5.72. The highest BCUT2D eigenvalue weighted by Gasteiger charge is 2.29. The SMILES string of the molecule is CCCNC(Cc1ccc(Br)cc1)CC1CCS(=O)(=O)C1. The van der Waals surface area contributed by atoms with Crippen molar-refractivity contribution in [2.75, 3.05) is 18.1 Å². The van der Waals surface area contributed by atoms with Gasteiger partial charge in [0, 0.05) is 10.5 Å². The van der Waals surface area contributed by atoms with E-state index in [2.05, 4.69) is 52.4 Å². The zero-order valence-electron chi connectivity index (χ0n) is 12.5. The van der Waals surface area contributed by atoms with E-state index in [0.717, 1.165) is 36.7 Å². The van der Waals surface area contributed by atoms with Crippen LogP contribution >= 0.6 is 15.9 Å². The van der Waals surface area contributed by atoms with Crippen molar-refractivity contribution in [3.63, 3.8) is 0 Å². The van der Waals surface area contributed by atoms with E-state index >= 15 is 0 Å². The Kier molecular flexibility index (Phi) is 6.26. The summed E-state index contributed by atoms with van der Waals surface area (Å²) in [6, 6.07) is 8.76. The molecule has 3 nitrogen and oxygen atoms in total. The molecule has 2 atom stereocenters. The van der Waals surface area contributed by atoms with E-state index in [0.29, 0.717) is 23.5 Å². The summed E-state index contributed by atoms with van der Waals surface area (Å²) in [5.41, 5.74) is 1.30. The van der Waals surface area contributed by atoms with Gasteiger partial charge in [-0.15, -0.1) is 0 Å². The average Bonchev–Trinajstić information content (AvgIpc) is 2.78. The van der Waals surface area contributed by atoms with Crippen molar-refractivity contribution >= 4 is 25.8 Å². The Morgan fingerprint density at radius 2 is 2.05 bits per heavy atom. The molecule has 1 fully saturated rings. The minimum Gasteiger partial charge on any atom is -0.314 e. The molecule has 0 saturated carbocycles. The van der Waals surface area contributed by atoms with Crippen LogP contribution in [0.5, 0.6) is 0 Å². The van der Waals surface area contributed by atoms with Crippen molar-refractivity contribution in [3.8, 4) is 0 Å². The van der Waals surface area contributed by atoms with Gasteiger partial charge in [0.15, 0.2) is 9.84 Å². The number of rotatable bonds is 7. The summed E-state index contributed by atoms with van der Waals surface area (Å²) in [6.07, 6.45) is 3.84. The molecule has 0 radical (unpaired) electrons. The molecule has 21 heavy (non-hydrogen) atoms. The molecule has 1 aliphatic rings. The first-order valence-electron chi connectivity index (χ1n) is 7.67. The lowest BCUT2D eigenvalue weighted by atomic mass is 9.94. The van der Waals surface area contributed by atoms with Crippen LogP contribution in [0.15, 0.2) is 28.7 Å². The molecule has 0 amide bonds. The van der Waals surface area contributed by atoms with Crippen LogP contribution in [0.4, 0.5) is 0 Å². The maximum absolute atomic E-state index is 11.6. The van der Waals surface area contributed by atoms with Gasteiger partial charge in [0.25, 0.3) is 0 Å². The van der Waals surface area contributed by atoms with Crippen molar-refractivity contribution in [2.24, 2.45) is 5.92 Å². The second-order valence-electron chi connectivity index (χ2n) is 5.99. The normalized spacial score (nSPS) is 22.3. The lowest BCUT2D eigenvalue weighted by Crippen LogP contribution is -2.34. The minimum absolute atomic E-state index is 0.319. The Morgan fingerprint density at radius 3 is 2.62 bits per heavy atom. The topological polar surface area (TPSA) is 46.2 Å². The van der Waals surface area contributed by atoms with Gasteiger partial charge in [0.2, 0.25) is 0 Å². The van der Waals surface area contributed by atoms with Gasteiger partial charge in [-0.05, 0) is 55.8 Å². The van der Waals surface area contributed by atoms with Crippen molar-refractivity contribution in [1.29, 1.82) is 0 Å². The van der Waals surface area contributed by atoms with Crippen LogP contribution in [0, 0.1) is 5.92 Å². The molecular weight excluding hydrogens is 350 g/mol. The zero-order chi connectivity index (χ0) is 15.3. The van der Waals surface area contributed by atoms with Crippen LogP contribution in [0.2, 0.25) is 0 Å². The van der Waals surface area contributed by atoms with Gasteiger partial charge in [-0.2, -0.15) is 0 Å². The molecule has 1 aromatic rings. The van der Waals surface area contributed by atoms with Crippen LogP contribution < -0.4 is 5.32 Å². The Labute approximate surface area is 136 Å². The summed E-state index contributed by atoms with van der Waals surface area (Å²) in [5, 5.41) is 3.58. The van der Waals surface area contributed by atoms with Gasteiger partial charge >= 0.3 is 0 Å². The summed E-state index contributed by atoms with van der Waals surface area (Å²) >= 11 is 3.45. The van der Waals surface area contributed by atoms with E-state index < -0.39 is 9.84 Å². The van der Waals surface area contributed by atoms with Gasteiger partial charge in [0.05, 0.1) is 11.5 Å². The van der Waals surface area contributed by atoms with Gasteiger partial charge < -0.3 is 5.32 Å². The molecule has 0 bridgehead atoms. The molecule has 1 saturated heterocycles. The smallest absolute Gasteiger partial charge is 0.150 e. The quantitative estimate of drug-likeness (QED) is 0.797. The fourth-order valence-electron chi connectivity index (χ4n) is 2.95. The van der Waals surface area contributed by atoms with E-state index in [-0.39, 0.29) is 0 Å². The molecule has 118 valence electrons. The minimum atomic E-state index is -2.77. The maximum Gasteiger partial charge on any atom is 0.150 e. The number of hydrogen-bond donors (Lipinski definition) is 1. The standard InChI is InChI=1S/C16H24BrNO2S/c1-2-8-18-16(10-13-3-5-15(17)6-4-13)11-14-7-9-21(19,20)12-14/h3-6,14,16,18H,2,7-12H2,1H3. The number of halogens is 1. The van der Waals surface area contributed by atoms with Crippen molar-refractivity contribution < 1.29 is 8.42 Å². The molecule has 2 unspecified atom stereocenters. The van der Waals surface area contributed by atoms with E-state index in [9.17, 15) is 8.42 Å². The zero-order valence-corrected chi connectivity index (χ0v) is 14.9. The molecule has 5 heteroatoms. The maximum atomic E-state index is 11.6. The fourth-order valence-corrected chi connectivity index (χ4v) is 5.10. The Bertz CT molecular complexity index is 542. The first kappa shape index (κ1) is 17.0. The van der Waals surface area contributed by atoms with E-state index in [4.69, 9.17) is 0 Å². The Balaban J connectivity index is 1.95. The first-order chi connectivity index (χ1) is 9.98. The molecule has 1 aliphatic heterocycles. The monoisotopic (exact) mass is 373 g/mol. The average molecular weight is 374 g/mol. The third-order valence-corrected chi connectivity index (χ3v) is 6.39. The second-order valence-corrected chi connectivity index (χ2v) is 9.13. The third-order valence-electron chi connectivity index (χ3n) is 4.02. The van der Waals surface area contributed by atoms with Gasteiger partial charge in [-0.25, -0.2) is 8.42 Å². The van der Waals surface area contributed by atoms with Crippen LogP contribution in [0.25, 0.3) is 0 Å². The molecule has 0 aliphatic carbocycles. The van der Waals surface area contributed by atoms with Crippen LogP contribution in [0.3, 0.4) is 0 Å². The number of nitrogens with one attached hydrogen (secondary N) is 1. The summed E-state index contributed by atoms with van der Waals surface area (Å²) < 4.78 is 24.3. The predicted octanol–water partition coefficient (Wildman–Crippen LogP) is 3.18. The Hall–Kier alpha value is -0.390. The molecule has 2 rings (SSSR count). The van der Waals surface area contributed by atoms with E-state index in [1.165, 1.54) is 5.56 Å². The van der Waals surface area contributed by atoms with Gasteiger partial charge in [0.1, 0.15) is 0 Å². The van der Waals surface area contributed by atoms with Crippen molar-refractivity contribution in [2.45, 2.75) is 38.6 Å². The molecular formula is C16H24BrNO2S. The van der Waals surface area contributed by atoms with Crippen LogP contribution in [-0.4, -0.2) is 32.5 Å². The number of benzene rings is 1. The largest absolute Gasteiger partial charge is 0.314 e. The highest BCUT2D eigenvalue weighted by atomic mass is 79.9. The number of sulfone groups is 1. The molecule has 1 aromatic carbocycles. The second kappa shape index (κ2) is 7.75. The highest BCUT2D eigenvalue weighted by molar-refractivity contribution is 9.10. The van der Waals surface area contributed by atoms with Crippen LogP contribution in [0.1, 0.15) is 31.7 Å². The lowest BCUT2D eigenvalue weighted by Gasteiger charge is -2.21. The van der Waals surface area contributed by atoms with Gasteiger partial charge in [-0.3, -0.25) is 0 Å². The molecule has 1 heterocycles. The van der Waals surface area contributed by atoms with Gasteiger partial charge in [-0.1, -0.05) is 35.0 Å². The Morgan fingerprint density at radius 1 is 1.33 bits per heavy atom. The summed E-state index contributed by atoms with van der Waals surface area (Å²) in [4.78, 5) is 0. The van der Waals surface area contributed by atoms with E-state index in [1.54, 1.807) is 0 Å². The van der Waals surface area contributed by atoms with Crippen molar-refractivity contribution in [1.82, 2.24) is 5.32 Å².